The van der Waals surface area contributed by atoms with E-state index in [1.165, 1.54) is 32.2 Å². The molecule has 4 heteroatoms. The van der Waals surface area contributed by atoms with Crippen molar-refractivity contribution in [1.29, 1.82) is 5.26 Å². The van der Waals surface area contributed by atoms with Crippen molar-refractivity contribution in [1.82, 2.24) is 15.2 Å². The van der Waals surface area contributed by atoms with E-state index in [2.05, 4.69) is 21.3 Å². The summed E-state index contributed by atoms with van der Waals surface area (Å²) in [7, 11) is 0. The van der Waals surface area contributed by atoms with Crippen LogP contribution in [0.4, 0.5) is 0 Å². The molecule has 1 aromatic heterocycles. The fraction of sp³-hybridized carbons (Fsp3) is 0.625. The summed E-state index contributed by atoms with van der Waals surface area (Å²) in [5.74, 6) is 0.845. The molecule has 0 amide bonds. The lowest BCUT2D eigenvalue weighted by Crippen LogP contribution is -2.40. The average molecular weight is 270 g/mol. The maximum Gasteiger partial charge on any atom is 0.144 e. The van der Waals surface area contributed by atoms with E-state index in [-0.39, 0.29) is 0 Å². The van der Waals surface area contributed by atoms with Crippen molar-refractivity contribution < 1.29 is 0 Å². The van der Waals surface area contributed by atoms with Crippen molar-refractivity contribution in [2.45, 2.75) is 38.3 Å². The molecule has 1 atom stereocenters. The minimum atomic E-state index is 0.576. The van der Waals surface area contributed by atoms with E-state index in [0.29, 0.717) is 5.69 Å². The predicted molar refractivity (Wildman–Crippen MR) is 78.0 cm³/mol. The molecule has 4 nitrogen and oxygen atoms in total. The first kappa shape index (κ1) is 13.5. The molecule has 0 spiro atoms. The molecule has 2 aliphatic rings. The van der Waals surface area contributed by atoms with E-state index in [9.17, 15) is 0 Å². The average Bonchev–Trinajstić information content (AvgIpc) is 3.03. The number of pyridine rings is 1. The van der Waals surface area contributed by atoms with E-state index in [4.69, 9.17) is 5.26 Å². The molecule has 2 saturated heterocycles. The predicted octanol–water partition coefficient (Wildman–Crippen LogP) is 1.92. The second-order valence-electron chi connectivity index (χ2n) is 5.94. The van der Waals surface area contributed by atoms with Crippen LogP contribution in [-0.2, 0) is 6.54 Å². The number of likely N-dealkylation sites (tertiary alicyclic amines) is 1. The molecule has 3 heterocycles. The van der Waals surface area contributed by atoms with Crippen molar-refractivity contribution in [3.05, 3.63) is 29.6 Å². The molecule has 0 bridgehead atoms. The van der Waals surface area contributed by atoms with Gasteiger partial charge in [-0.1, -0.05) is 6.07 Å². The standard InChI is InChI=1S/C16H22N4/c17-11-16-14(3-1-7-19-16)12-20-9-5-13(6-10-20)15-4-2-8-18-15/h1,3,7,13,15,18H,2,4-6,8-10,12H2. The monoisotopic (exact) mass is 270 g/mol. The highest BCUT2D eigenvalue weighted by Gasteiger charge is 2.28. The third kappa shape index (κ3) is 3.00. The molecule has 1 N–H and O–H groups in total. The molecular formula is C16H22N4. The summed E-state index contributed by atoms with van der Waals surface area (Å²) in [5.41, 5.74) is 1.64. The van der Waals surface area contributed by atoms with E-state index < -0.39 is 0 Å². The van der Waals surface area contributed by atoms with Gasteiger partial charge in [-0.05, 0) is 57.3 Å². The Morgan fingerprint density at radius 2 is 2.20 bits per heavy atom. The number of hydrogen-bond acceptors (Lipinski definition) is 4. The number of nitriles is 1. The first-order valence-corrected chi connectivity index (χ1v) is 7.66. The van der Waals surface area contributed by atoms with Crippen LogP contribution in [0.2, 0.25) is 0 Å². The highest BCUT2D eigenvalue weighted by molar-refractivity contribution is 5.30. The van der Waals surface area contributed by atoms with Gasteiger partial charge in [0.2, 0.25) is 0 Å². The van der Waals surface area contributed by atoms with Gasteiger partial charge in [-0.3, -0.25) is 4.90 Å². The number of aromatic nitrogens is 1. The smallest absolute Gasteiger partial charge is 0.144 e. The maximum absolute atomic E-state index is 9.09. The summed E-state index contributed by atoms with van der Waals surface area (Å²) in [6.07, 6.45) is 6.94. The van der Waals surface area contributed by atoms with Gasteiger partial charge < -0.3 is 5.32 Å². The number of piperidine rings is 1. The fourth-order valence-electron chi connectivity index (χ4n) is 3.54. The second kappa shape index (κ2) is 6.34. The molecule has 1 aromatic rings. The van der Waals surface area contributed by atoms with Crippen LogP contribution < -0.4 is 5.32 Å². The largest absolute Gasteiger partial charge is 0.314 e. The summed E-state index contributed by atoms with van der Waals surface area (Å²) in [4.78, 5) is 6.60. The van der Waals surface area contributed by atoms with Gasteiger partial charge in [0.1, 0.15) is 11.8 Å². The number of rotatable bonds is 3. The highest BCUT2D eigenvalue weighted by atomic mass is 15.1. The fourth-order valence-corrected chi connectivity index (χ4v) is 3.54. The SMILES string of the molecule is N#Cc1ncccc1CN1CCC(C2CCCN2)CC1. The Balaban J connectivity index is 1.54. The second-order valence-corrected chi connectivity index (χ2v) is 5.94. The molecule has 2 aliphatic heterocycles. The molecule has 0 saturated carbocycles. The van der Waals surface area contributed by atoms with Gasteiger partial charge in [0.05, 0.1) is 0 Å². The summed E-state index contributed by atoms with van der Waals surface area (Å²) in [5, 5.41) is 12.7. The number of nitrogens with zero attached hydrogens (tertiary/aromatic N) is 3. The molecule has 0 aliphatic carbocycles. The molecule has 20 heavy (non-hydrogen) atoms. The highest BCUT2D eigenvalue weighted by Crippen LogP contribution is 2.26. The van der Waals surface area contributed by atoms with Crippen LogP contribution in [0.3, 0.4) is 0 Å². The van der Waals surface area contributed by atoms with Crippen molar-refractivity contribution in [3.8, 4) is 6.07 Å². The maximum atomic E-state index is 9.09. The zero-order chi connectivity index (χ0) is 13.8. The first-order valence-electron chi connectivity index (χ1n) is 7.66. The molecule has 0 aromatic carbocycles. The molecule has 106 valence electrons. The Hall–Kier alpha value is -1.44. The van der Waals surface area contributed by atoms with Gasteiger partial charge in [0, 0.05) is 24.3 Å². The molecular weight excluding hydrogens is 248 g/mol. The van der Waals surface area contributed by atoms with Crippen LogP contribution in [0.5, 0.6) is 0 Å². The Bertz CT molecular complexity index is 479. The Kier molecular flexibility index (Phi) is 4.29. The zero-order valence-corrected chi connectivity index (χ0v) is 11.9. The number of nitrogens with one attached hydrogen (secondary N) is 1. The quantitative estimate of drug-likeness (QED) is 0.911. The topological polar surface area (TPSA) is 52.0 Å². The molecule has 1 unspecified atom stereocenters. The van der Waals surface area contributed by atoms with Gasteiger partial charge in [-0.25, -0.2) is 4.98 Å². The van der Waals surface area contributed by atoms with Crippen molar-refractivity contribution in [2.24, 2.45) is 5.92 Å². The number of hydrogen-bond donors (Lipinski definition) is 1. The van der Waals surface area contributed by atoms with Crippen LogP contribution in [0.1, 0.15) is 36.9 Å². The zero-order valence-electron chi connectivity index (χ0n) is 11.9. The van der Waals surface area contributed by atoms with E-state index in [1.807, 2.05) is 12.1 Å². The molecule has 0 radical (unpaired) electrons. The lowest BCUT2D eigenvalue weighted by atomic mass is 9.88. The van der Waals surface area contributed by atoms with Gasteiger partial charge >= 0.3 is 0 Å². The van der Waals surface area contributed by atoms with Crippen LogP contribution in [0, 0.1) is 17.2 Å². The van der Waals surface area contributed by atoms with Crippen LogP contribution in [0.25, 0.3) is 0 Å². The molecule has 3 rings (SSSR count). The lowest BCUT2D eigenvalue weighted by molar-refractivity contribution is 0.157. The van der Waals surface area contributed by atoms with E-state index in [1.54, 1.807) is 6.20 Å². The van der Waals surface area contributed by atoms with Crippen LogP contribution >= 0.6 is 0 Å². The Morgan fingerprint density at radius 3 is 2.90 bits per heavy atom. The van der Waals surface area contributed by atoms with Gasteiger partial charge in [-0.2, -0.15) is 5.26 Å². The van der Waals surface area contributed by atoms with Gasteiger partial charge in [-0.15, -0.1) is 0 Å². The van der Waals surface area contributed by atoms with Crippen molar-refractivity contribution in [3.63, 3.8) is 0 Å². The summed E-state index contributed by atoms with van der Waals surface area (Å²) in [6, 6.07) is 6.89. The molecule has 2 fully saturated rings. The summed E-state index contributed by atoms with van der Waals surface area (Å²) >= 11 is 0. The Morgan fingerprint density at radius 1 is 1.35 bits per heavy atom. The van der Waals surface area contributed by atoms with Crippen LogP contribution in [-0.4, -0.2) is 35.6 Å². The lowest BCUT2D eigenvalue weighted by Gasteiger charge is -2.34. The summed E-state index contributed by atoms with van der Waals surface area (Å²) in [6.45, 7) is 4.35. The first-order chi connectivity index (χ1) is 9.86. The Labute approximate surface area is 120 Å². The van der Waals surface area contributed by atoms with Crippen molar-refractivity contribution in [2.75, 3.05) is 19.6 Å². The van der Waals surface area contributed by atoms with E-state index >= 15 is 0 Å². The third-order valence-corrected chi connectivity index (χ3v) is 4.69. The van der Waals surface area contributed by atoms with Gasteiger partial charge in [0.15, 0.2) is 0 Å². The van der Waals surface area contributed by atoms with Crippen molar-refractivity contribution >= 4 is 0 Å². The normalized spacial score (nSPS) is 24.6. The van der Waals surface area contributed by atoms with E-state index in [0.717, 1.165) is 37.2 Å². The third-order valence-electron chi connectivity index (χ3n) is 4.69. The minimum absolute atomic E-state index is 0.576. The van der Waals surface area contributed by atoms with Gasteiger partial charge in [0.25, 0.3) is 0 Å². The minimum Gasteiger partial charge on any atom is -0.314 e. The summed E-state index contributed by atoms with van der Waals surface area (Å²) < 4.78 is 0. The van der Waals surface area contributed by atoms with Crippen LogP contribution in [0.15, 0.2) is 18.3 Å².